The molecule has 33 heavy (non-hydrogen) atoms. The van der Waals surface area contributed by atoms with Crippen LogP contribution in [0.15, 0.2) is 54.6 Å². The smallest absolute Gasteiger partial charge is 0.300 e. The van der Waals surface area contributed by atoms with Crippen LogP contribution in [0.1, 0.15) is 69.1 Å². The molecular formula is C28H35F3N2. The van der Waals surface area contributed by atoms with Crippen LogP contribution in [0, 0.1) is 17.2 Å². The molecule has 0 amide bonds. The number of likely N-dealkylation sites (N-methyl/N-ethyl adjacent to an activating group) is 1. The molecule has 0 aliphatic heterocycles. The van der Waals surface area contributed by atoms with E-state index in [4.69, 9.17) is 0 Å². The lowest BCUT2D eigenvalue weighted by molar-refractivity contribution is -0.139. The van der Waals surface area contributed by atoms with Crippen LogP contribution >= 0.6 is 0 Å². The van der Waals surface area contributed by atoms with Crippen molar-refractivity contribution in [3.63, 3.8) is 0 Å². The van der Waals surface area contributed by atoms with Crippen molar-refractivity contribution in [3.05, 3.63) is 71.3 Å². The molecule has 178 valence electrons. The second-order valence-electron chi connectivity index (χ2n) is 9.22. The number of nitrogens with zero attached hydrogens (tertiary/aromatic N) is 2. The van der Waals surface area contributed by atoms with E-state index in [1.54, 1.807) is 6.07 Å². The monoisotopic (exact) mass is 456 g/mol. The molecule has 0 radical (unpaired) electrons. The third-order valence-electron chi connectivity index (χ3n) is 7.51. The molecule has 2 aromatic rings. The molecule has 0 bridgehead atoms. The van der Waals surface area contributed by atoms with Gasteiger partial charge in [-0.05, 0) is 68.2 Å². The molecule has 0 heterocycles. The van der Waals surface area contributed by atoms with Crippen LogP contribution in [0.3, 0.4) is 0 Å². The van der Waals surface area contributed by atoms with E-state index in [-0.39, 0.29) is 17.5 Å². The Labute approximate surface area is 196 Å². The second-order valence-corrected chi connectivity index (χ2v) is 9.22. The van der Waals surface area contributed by atoms with E-state index < -0.39 is 17.2 Å². The minimum absolute atomic E-state index is 0.0112. The highest BCUT2D eigenvalue weighted by molar-refractivity contribution is 5.42. The molecule has 3 rings (SSSR count). The molecular weight excluding hydrogens is 421 g/mol. The molecule has 2 aromatic carbocycles. The first-order valence-corrected chi connectivity index (χ1v) is 12.2. The first kappa shape index (κ1) is 25.3. The Hall–Kier alpha value is -2.32. The molecule has 0 aromatic heterocycles. The SMILES string of the molecule is CCC(CCC(C#N)(c1ccccc1C(F)(F)F)C1CCC1)N(CC)CCc1ccccc1. The maximum absolute atomic E-state index is 13.9. The highest BCUT2D eigenvalue weighted by atomic mass is 19.4. The average Bonchev–Trinajstić information content (AvgIpc) is 2.79. The van der Waals surface area contributed by atoms with Crippen molar-refractivity contribution in [2.45, 2.75) is 76.4 Å². The fraction of sp³-hybridized carbons (Fsp3) is 0.536. The van der Waals surface area contributed by atoms with Gasteiger partial charge in [-0.25, -0.2) is 0 Å². The van der Waals surface area contributed by atoms with E-state index in [2.05, 4.69) is 36.9 Å². The fourth-order valence-corrected chi connectivity index (χ4v) is 5.34. The van der Waals surface area contributed by atoms with Crippen molar-refractivity contribution < 1.29 is 13.2 Å². The fourth-order valence-electron chi connectivity index (χ4n) is 5.34. The number of benzene rings is 2. The second kappa shape index (κ2) is 11.2. The molecule has 5 heteroatoms. The lowest BCUT2D eigenvalue weighted by atomic mass is 9.59. The summed E-state index contributed by atoms with van der Waals surface area (Å²) in [6, 6.07) is 18.7. The van der Waals surface area contributed by atoms with E-state index in [1.807, 2.05) is 18.2 Å². The zero-order valence-corrected chi connectivity index (χ0v) is 19.7. The van der Waals surface area contributed by atoms with Crippen molar-refractivity contribution in [3.8, 4) is 6.07 Å². The minimum Gasteiger partial charge on any atom is -0.300 e. The Balaban J connectivity index is 1.83. The van der Waals surface area contributed by atoms with Crippen LogP contribution in [0.4, 0.5) is 13.2 Å². The molecule has 1 aliphatic carbocycles. The number of halogens is 3. The third kappa shape index (κ3) is 5.79. The van der Waals surface area contributed by atoms with Crippen LogP contribution in [-0.4, -0.2) is 24.0 Å². The van der Waals surface area contributed by atoms with E-state index >= 15 is 0 Å². The van der Waals surface area contributed by atoms with Gasteiger partial charge in [0.25, 0.3) is 0 Å². The van der Waals surface area contributed by atoms with Crippen molar-refractivity contribution in [2.75, 3.05) is 13.1 Å². The largest absolute Gasteiger partial charge is 0.416 e. The van der Waals surface area contributed by atoms with Crippen LogP contribution < -0.4 is 0 Å². The highest BCUT2D eigenvalue weighted by Gasteiger charge is 2.48. The summed E-state index contributed by atoms with van der Waals surface area (Å²) < 4.78 is 41.7. The van der Waals surface area contributed by atoms with Crippen LogP contribution in [-0.2, 0) is 18.0 Å². The van der Waals surface area contributed by atoms with Crippen molar-refractivity contribution in [1.29, 1.82) is 5.26 Å². The lowest BCUT2D eigenvalue weighted by Gasteiger charge is -2.43. The number of alkyl halides is 3. The summed E-state index contributed by atoms with van der Waals surface area (Å²) in [5.41, 5.74) is -0.281. The molecule has 2 atom stereocenters. The molecule has 1 fully saturated rings. The van der Waals surface area contributed by atoms with Gasteiger partial charge in [-0.3, -0.25) is 0 Å². The molecule has 1 saturated carbocycles. The van der Waals surface area contributed by atoms with Crippen LogP contribution in [0.2, 0.25) is 0 Å². The van der Waals surface area contributed by atoms with Gasteiger partial charge in [-0.2, -0.15) is 18.4 Å². The summed E-state index contributed by atoms with van der Waals surface area (Å²) in [5, 5.41) is 10.4. The summed E-state index contributed by atoms with van der Waals surface area (Å²) in [6.07, 6.45) is 1.19. The van der Waals surface area contributed by atoms with Gasteiger partial charge >= 0.3 is 6.18 Å². The lowest BCUT2D eigenvalue weighted by Crippen LogP contribution is -2.42. The maximum Gasteiger partial charge on any atom is 0.416 e. The van der Waals surface area contributed by atoms with Crippen molar-refractivity contribution in [1.82, 2.24) is 4.90 Å². The van der Waals surface area contributed by atoms with E-state index in [0.717, 1.165) is 57.7 Å². The van der Waals surface area contributed by atoms with Gasteiger partial charge in [-0.1, -0.05) is 68.8 Å². The van der Waals surface area contributed by atoms with E-state index in [9.17, 15) is 18.4 Å². The van der Waals surface area contributed by atoms with Gasteiger partial charge < -0.3 is 4.90 Å². The Morgan fingerprint density at radius 1 is 1.00 bits per heavy atom. The number of nitriles is 1. The van der Waals surface area contributed by atoms with Gasteiger partial charge in [0.15, 0.2) is 0 Å². The maximum atomic E-state index is 13.9. The zero-order chi connectivity index (χ0) is 23.9. The summed E-state index contributed by atoms with van der Waals surface area (Å²) in [7, 11) is 0. The van der Waals surface area contributed by atoms with Crippen LogP contribution in [0.25, 0.3) is 0 Å². The van der Waals surface area contributed by atoms with Crippen molar-refractivity contribution >= 4 is 0 Å². The molecule has 2 nitrogen and oxygen atoms in total. The Morgan fingerprint density at radius 2 is 1.64 bits per heavy atom. The average molecular weight is 457 g/mol. The van der Waals surface area contributed by atoms with Gasteiger partial charge in [0.05, 0.1) is 17.0 Å². The molecule has 0 saturated heterocycles. The van der Waals surface area contributed by atoms with Crippen LogP contribution in [0.5, 0.6) is 0 Å². The van der Waals surface area contributed by atoms with Gasteiger partial charge in [-0.15, -0.1) is 0 Å². The zero-order valence-electron chi connectivity index (χ0n) is 19.7. The predicted octanol–water partition coefficient (Wildman–Crippen LogP) is 7.39. The summed E-state index contributed by atoms with van der Waals surface area (Å²) >= 11 is 0. The molecule has 2 unspecified atom stereocenters. The summed E-state index contributed by atoms with van der Waals surface area (Å²) in [4.78, 5) is 2.42. The summed E-state index contributed by atoms with van der Waals surface area (Å²) in [6.45, 7) is 6.06. The predicted molar refractivity (Wildman–Crippen MR) is 127 cm³/mol. The Kier molecular flexibility index (Phi) is 8.59. The van der Waals surface area contributed by atoms with Gasteiger partial charge in [0.1, 0.15) is 0 Å². The van der Waals surface area contributed by atoms with Crippen molar-refractivity contribution in [2.24, 2.45) is 5.92 Å². The quantitative estimate of drug-likeness (QED) is 0.352. The molecule has 0 N–H and O–H groups in total. The van der Waals surface area contributed by atoms with E-state index in [0.29, 0.717) is 6.42 Å². The number of hydrogen-bond donors (Lipinski definition) is 0. The minimum atomic E-state index is -4.46. The van der Waals surface area contributed by atoms with E-state index in [1.165, 1.54) is 17.7 Å². The number of rotatable bonds is 11. The molecule has 1 aliphatic rings. The first-order chi connectivity index (χ1) is 15.9. The number of hydrogen-bond acceptors (Lipinski definition) is 2. The van der Waals surface area contributed by atoms with Gasteiger partial charge in [0, 0.05) is 12.6 Å². The third-order valence-corrected chi connectivity index (χ3v) is 7.51. The standard InChI is InChI=1S/C28H35F3N2/c1-3-24(33(4-2)20-18-22-11-6-5-7-12-22)17-19-27(21-32,23-13-10-14-23)25-15-8-9-16-26(25)28(29,30)31/h5-9,11-12,15-16,23-24H,3-4,10,13-14,17-20H2,1-2H3. The highest BCUT2D eigenvalue weighted by Crippen LogP contribution is 2.50. The Bertz CT molecular complexity index is 915. The topological polar surface area (TPSA) is 27.0 Å². The Morgan fingerprint density at radius 3 is 2.15 bits per heavy atom. The normalized spacial score (nSPS) is 17.2. The first-order valence-electron chi connectivity index (χ1n) is 12.2. The molecule has 0 spiro atoms. The summed E-state index contributed by atoms with van der Waals surface area (Å²) in [5.74, 6) is -0.0112. The van der Waals surface area contributed by atoms with Gasteiger partial charge in [0.2, 0.25) is 0 Å².